The van der Waals surface area contributed by atoms with Crippen molar-refractivity contribution >= 4 is 0 Å². The van der Waals surface area contributed by atoms with Gasteiger partial charge in [0.1, 0.15) is 0 Å². The molecule has 0 amide bonds. The first-order chi connectivity index (χ1) is 15.3. The number of aromatic nitrogens is 5. The average molecular weight is 600 g/mol. The van der Waals surface area contributed by atoms with Crippen LogP contribution in [-0.4, -0.2) is 24.5 Å². The van der Waals surface area contributed by atoms with E-state index in [1.165, 1.54) is 12.1 Å². The van der Waals surface area contributed by atoms with Gasteiger partial charge in [0.05, 0.1) is 0 Å². The molecule has 5 aromatic rings. The number of benzene rings is 2. The van der Waals surface area contributed by atoms with Gasteiger partial charge in [-0.15, -0.1) is 48.0 Å². The minimum absolute atomic E-state index is 0. The van der Waals surface area contributed by atoms with E-state index in [4.69, 9.17) is 11.8 Å². The molecule has 32 heavy (non-hydrogen) atoms. The van der Waals surface area contributed by atoms with Crippen LogP contribution in [0.15, 0.2) is 97.7 Å². The topological polar surface area (TPSA) is 72.3 Å². The van der Waals surface area contributed by atoms with Gasteiger partial charge in [0, 0.05) is 36.8 Å². The Morgan fingerprint density at radius 1 is 0.781 bits per heavy atom. The molecule has 0 fully saturated rings. The van der Waals surface area contributed by atoms with Crippen LogP contribution in [-0.2, 0) is 20.1 Å². The summed E-state index contributed by atoms with van der Waals surface area (Å²) < 4.78 is 16.1. The van der Waals surface area contributed by atoms with Gasteiger partial charge in [-0.1, -0.05) is 12.1 Å². The molecule has 5 rings (SSSR count). The maximum absolute atomic E-state index is 12.6. The molecule has 0 saturated heterocycles. The molecule has 0 N–H and O–H groups in total. The summed E-state index contributed by atoms with van der Waals surface area (Å²) >= 11 is 0. The monoisotopic (exact) mass is 600 g/mol. The van der Waals surface area contributed by atoms with Crippen LogP contribution < -0.4 is 0 Å². The number of rotatable bonds is 3. The van der Waals surface area contributed by atoms with Crippen LogP contribution in [0.1, 0.15) is 0 Å². The maximum atomic E-state index is 12.6. The van der Waals surface area contributed by atoms with Crippen molar-refractivity contribution in [1.29, 1.82) is 5.26 Å². The van der Waals surface area contributed by atoms with Gasteiger partial charge >= 0.3 is 20.1 Å². The molecule has 0 atom stereocenters. The molecule has 0 aliphatic carbocycles. The molecule has 158 valence electrons. The quantitative estimate of drug-likeness (QED) is 0.284. The smallest absolute Gasteiger partial charge is 0.512 e. The second-order valence-electron chi connectivity index (χ2n) is 5.96. The Morgan fingerprint density at radius 3 is 1.91 bits per heavy atom. The maximum Gasteiger partial charge on any atom is 3.00 e. The number of pyridine rings is 1. The Hall–Kier alpha value is -3.92. The van der Waals surface area contributed by atoms with E-state index in [2.05, 4.69) is 27.3 Å². The van der Waals surface area contributed by atoms with Crippen LogP contribution in [0.3, 0.4) is 0 Å². The summed E-state index contributed by atoms with van der Waals surface area (Å²) in [4.78, 5) is 4.12. The van der Waals surface area contributed by atoms with E-state index in [1.54, 1.807) is 34.0 Å². The molecular formula is C24H16FIrN6. The largest absolute Gasteiger partial charge is 3.00 e. The molecule has 3 heterocycles. The van der Waals surface area contributed by atoms with E-state index in [0.717, 1.165) is 22.6 Å². The third-order valence-electron chi connectivity index (χ3n) is 3.98. The van der Waals surface area contributed by atoms with Crippen molar-refractivity contribution in [3.63, 3.8) is 0 Å². The predicted octanol–water partition coefficient (Wildman–Crippen LogP) is 4.64. The molecule has 6 nitrogen and oxygen atoms in total. The van der Waals surface area contributed by atoms with Gasteiger partial charge in [-0.2, -0.15) is 16.3 Å². The summed E-state index contributed by atoms with van der Waals surface area (Å²) in [5, 5.41) is 14.6. The molecule has 0 radical (unpaired) electrons. The Labute approximate surface area is 199 Å². The van der Waals surface area contributed by atoms with E-state index >= 15 is 0 Å². The number of hydrogen-bond acceptors (Lipinski definition) is 4. The van der Waals surface area contributed by atoms with Crippen LogP contribution in [0, 0.1) is 29.8 Å². The predicted molar refractivity (Wildman–Crippen MR) is 113 cm³/mol. The second kappa shape index (κ2) is 12.7. The van der Waals surface area contributed by atoms with Gasteiger partial charge < -0.3 is 16.8 Å². The molecule has 0 saturated carbocycles. The van der Waals surface area contributed by atoms with E-state index in [1.807, 2.05) is 60.9 Å². The van der Waals surface area contributed by atoms with Crippen molar-refractivity contribution in [2.45, 2.75) is 0 Å². The van der Waals surface area contributed by atoms with Gasteiger partial charge in [0.25, 0.3) is 0 Å². The Morgan fingerprint density at radius 2 is 1.44 bits per heavy atom. The molecule has 3 aromatic heterocycles. The van der Waals surface area contributed by atoms with Crippen molar-refractivity contribution in [1.82, 2.24) is 24.5 Å². The SMILES string of the molecule is Fc1c[c-]c(-c2ccccn2)cc1.[C-]#N.[Ir+3].[c-]1c(-n2cccn2)cccc1-n1cccn1. The fourth-order valence-electron chi connectivity index (χ4n) is 2.62. The van der Waals surface area contributed by atoms with Gasteiger partial charge in [0.15, 0.2) is 0 Å². The van der Waals surface area contributed by atoms with Crippen LogP contribution in [0.25, 0.3) is 22.6 Å². The minimum atomic E-state index is -0.278. The van der Waals surface area contributed by atoms with Crippen molar-refractivity contribution < 1.29 is 24.5 Å². The van der Waals surface area contributed by atoms with Gasteiger partial charge in [0.2, 0.25) is 0 Å². The summed E-state index contributed by atoms with van der Waals surface area (Å²) in [7, 11) is 0. The molecule has 0 aliphatic rings. The average Bonchev–Trinajstić information content (AvgIpc) is 3.57. The molecule has 0 aliphatic heterocycles. The van der Waals surface area contributed by atoms with Crippen LogP contribution >= 0.6 is 0 Å². The van der Waals surface area contributed by atoms with Gasteiger partial charge in [-0.3, -0.25) is 13.8 Å². The zero-order chi connectivity index (χ0) is 21.9. The summed E-state index contributed by atoms with van der Waals surface area (Å²) in [5.74, 6) is -0.278. The zero-order valence-corrected chi connectivity index (χ0v) is 19.0. The molecule has 8 heteroatoms. The van der Waals surface area contributed by atoms with E-state index < -0.39 is 0 Å². The molecule has 2 aromatic carbocycles. The summed E-state index contributed by atoms with van der Waals surface area (Å²) in [5.41, 5.74) is 3.42. The van der Waals surface area contributed by atoms with Crippen LogP contribution in [0.5, 0.6) is 0 Å². The first-order valence-electron chi connectivity index (χ1n) is 9.13. The van der Waals surface area contributed by atoms with Gasteiger partial charge in [-0.05, 0) is 35.3 Å². The summed E-state index contributed by atoms with van der Waals surface area (Å²) in [6.07, 6.45) is 8.97. The van der Waals surface area contributed by atoms with Crippen molar-refractivity contribution in [2.24, 2.45) is 0 Å². The van der Waals surface area contributed by atoms with Crippen LogP contribution in [0.2, 0.25) is 0 Å². The van der Waals surface area contributed by atoms with Crippen molar-refractivity contribution in [3.05, 3.63) is 122 Å². The minimum Gasteiger partial charge on any atom is -0.512 e. The number of halogens is 1. The molecular weight excluding hydrogens is 584 g/mol. The Balaban J connectivity index is 0.000000208. The second-order valence-corrected chi connectivity index (χ2v) is 5.96. The van der Waals surface area contributed by atoms with E-state index in [0.29, 0.717) is 0 Å². The Bertz CT molecular complexity index is 1140. The van der Waals surface area contributed by atoms with E-state index in [-0.39, 0.29) is 25.9 Å². The standard InChI is InChI=1S/C12H9N4.C11H7FN.CN.Ir/c1-4-11(15-8-2-6-13-15)10-12(5-1)16-9-3-7-14-16;12-10-6-4-9(5-7-10)11-3-1-2-8-13-11;1-2;/h1-9H;1-4,6-8H;;/q3*-1;+3. The summed E-state index contributed by atoms with van der Waals surface area (Å²) in [6.45, 7) is 4.75. The van der Waals surface area contributed by atoms with Crippen molar-refractivity contribution in [2.75, 3.05) is 0 Å². The zero-order valence-electron chi connectivity index (χ0n) is 16.6. The van der Waals surface area contributed by atoms with E-state index in [9.17, 15) is 4.39 Å². The Kier molecular flexibility index (Phi) is 9.66. The normalized spacial score (nSPS) is 9.34. The first-order valence-corrected chi connectivity index (χ1v) is 9.13. The fourth-order valence-corrected chi connectivity index (χ4v) is 2.62. The fraction of sp³-hybridized carbons (Fsp3) is 0. The van der Waals surface area contributed by atoms with Gasteiger partial charge in [-0.25, -0.2) is 0 Å². The van der Waals surface area contributed by atoms with Crippen LogP contribution in [0.4, 0.5) is 4.39 Å². The first kappa shape index (κ1) is 24.3. The molecule has 0 bridgehead atoms. The van der Waals surface area contributed by atoms with Crippen molar-refractivity contribution in [3.8, 4) is 22.6 Å². The third kappa shape index (κ3) is 6.54. The third-order valence-corrected chi connectivity index (χ3v) is 3.98. The molecule has 0 spiro atoms. The molecule has 0 unspecified atom stereocenters. The number of hydrogen-bond donors (Lipinski definition) is 0. The number of nitrogens with zero attached hydrogens (tertiary/aromatic N) is 6. The summed E-state index contributed by atoms with van der Waals surface area (Å²) in [6, 6.07) is 25.7.